The maximum absolute atomic E-state index is 11.0. The van der Waals surface area contributed by atoms with E-state index in [1.54, 1.807) is 13.0 Å². The lowest BCUT2D eigenvalue weighted by molar-refractivity contribution is -0.138. The molecule has 0 aliphatic rings. The Bertz CT molecular complexity index is 174. The van der Waals surface area contributed by atoms with E-state index < -0.39 is 0 Å². The summed E-state index contributed by atoms with van der Waals surface area (Å²) in [5.74, 6) is -0.128. The minimum Gasteiger partial charge on any atom is -0.351 e. The summed E-state index contributed by atoms with van der Waals surface area (Å²) in [6.45, 7) is 7.10. The van der Waals surface area contributed by atoms with Crippen LogP contribution >= 0.6 is 0 Å². The number of ether oxygens (including phenoxy) is 2. The molecule has 0 aromatic heterocycles. The van der Waals surface area contributed by atoms with Gasteiger partial charge in [-0.25, -0.2) is 0 Å². The lowest BCUT2D eigenvalue weighted by Gasteiger charge is -2.16. The fourth-order valence-electron chi connectivity index (χ4n) is 0.932. The summed E-state index contributed by atoms with van der Waals surface area (Å²) in [5.41, 5.74) is 0. The minimum absolute atomic E-state index is 0.128. The first-order chi connectivity index (χ1) is 6.74. The van der Waals surface area contributed by atoms with Crippen LogP contribution in [0.4, 0.5) is 0 Å². The first-order valence-electron chi connectivity index (χ1n) is 4.88. The Morgan fingerprint density at radius 3 is 2.36 bits per heavy atom. The van der Waals surface area contributed by atoms with Crippen molar-refractivity contribution in [1.82, 2.24) is 5.32 Å². The van der Waals surface area contributed by atoms with Crippen molar-refractivity contribution in [1.29, 1.82) is 0 Å². The molecule has 14 heavy (non-hydrogen) atoms. The number of hydrogen-bond acceptors (Lipinski definition) is 3. The van der Waals surface area contributed by atoms with E-state index in [9.17, 15) is 4.79 Å². The third kappa shape index (κ3) is 6.62. The third-order valence-corrected chi connectivity index (χ3v) is 1.47. The maximum atomic E-state index is 11.0. The Morgan fingerprint density at radius 1 is 1.36 bits per heavy atom. The van der Waals surface area contributed by atoms with Crippen molar-refractivity contribution >= 4 is 5.91 Å². The van der Waals surface area contributed by atoms with Crippen LogP contribution in [-0.2, 0) is 14.3 Å². The number of nitrogens with one attached hydrogen (secondary N) is 1. The number of hydrogen-bond donors (Lipinski definition) is 1. The van der Waals surface area contributed by atoms with E-state index in [4.69, 9.17) is 9.47 Å². The van der Waals surface area contributed by atoms with Crippen molar-refractivity contribution in [3.05, 3.63) is 12.2 Å². The molecule has 0 rings (SSSR count). The van der Waals surface area contributed by atoms with Gasteiger partial charge in [-0.1, -0.05) is 6.08 Å². The van der Waals surface area contributed by atoms with E-state index in [0.29, 0.717) is 19.8 Å². The molecule has 0 saturated carbocycles. The summed E-state index contributed by atoms with van der Waals surface area (Å²) in [4.78, 5) is 11.0. The van der Waals surface area contributed by atoms with E-state index >= 15 is 0 Å². The van der Waals surface area contributed by atoms with Crippen molar-refractivity contribution in [2.45, 2.75) is 27.1 Å². The highest BCUT2D eigenvalue weighted by molar-refractivity contribution is 5.87. The van der Waals surface area contributed by atoms with Crippen molar-refractivity contribution in [2.75, 3.05) is 19.8 Å². The first-order valence-corrected chi connectivity index (χ1v) is 4.88. The fourth-order valence-corrected chi connectivity index (χ4v) is 0.932. The molecule has 0 fully saturated rings. The van der Waals surface area contributed by atoms with Gasteiger partial charge in [0.2, 0.25) is 5.91 Å². The molecule has 0 aromatic rings. The second-order valence-corrected chi connectivity index (χ2v) is 2.59. The van der Waals surface area contributed by atoms with E-state index in [0.717, 1.165) is 0 Å². The molecule has 1 amide bonds. The second kappa shape index (κ2) is 8.72. The van der Waals surface area contributed by atoms with E-state index in [2.05, 4.69) is 5.32 Å². The summed E-state index contributed by atoms with van der Waals surface area (Å²) in [5, 5.41) is 2.68. The summed E-state index contributed by atoms with van der Waals surface area (Å²) >= 11 is 0. The Hall–Kier alpha value is -0.870. The average Bonchev–Trinajstić information content (AvgIpc) is 2.15. The molecule has 0 bridgehead atoms. The maximum Gasteiger partial charge on any atom is 0.243 e. The Labute approximate surface area is 85.3 Å². The van der Waals surface area contributed by atoms with Crippen molar-refractivity contribution < 1.29 is 14.3 Å². The Kier molecular flexibility index (Phi) is 8.17. The van der Waals surface area contributed by atoms with E-state index in [1.165, 1.54) is 6.08 Å². The van der Waals surface area contributed by atoms with Crippen LogP contribution in [-0.4, -0.2) is 32.0 Å². The largest absolute Gasteiger partial charge is 0.351 e. The van der Waals surface area contributed by atoms with Crippen LogP contribution in [0, 0.1) is 0 Å². The van der Waals surface area contributed by atoms with Crippen LogP contribution in [0.2, 0.25) is 0 Å². The van der Waals surface area contributed by atoms with Crippen molar-refractivity contribution in [3.63, 3.8) is 0 Å². The monoisotopic (exact) mass is 201 g/mol. The van der Waals surface area contributed by atoms with Gasteiger partial charge in [-0.15, -0.1) is 0 Å². The molecule has 82 valence electrons. The van der Waals surface area contributed by atoms with Crippen LogP contribution in [0.15, 0.2) is 12.2 Å². The lowest BCUT2D eigenvalue weighted by Crippen LogP contribution is -2.34. The van der Waals surface area contributed by atoms with Gasteiger partial charge < -0.3 is 14.8 Å². The zero-order chi connectivity index (χ0) is 10.8. The molecule has 4 nitrogen and oxygen atoms in total. The van der Waals surface area contributed by atoms with Crippen LogP contribution in [0.5, 0.6) is 0 Å². The number of carbonyl (C=O) groups is 1. The molecule has 0 spiro atoms. The van der Waals surface area contributed by atoms with Gasteiger partial charge in [0.25, 0.3) is 0 Å². The molecule has 4 heteroatoms. The molecule has 0 aliphatic heterocycles. The summed E-state index contributed by atoms with van der Waals surface area (Å²) in [7, 11) is 0. The highest BCUT2D eigenvalue weighted by atomic mass is 16.7. The molecule has 0 radical (unpaired) electrons. The minimum atomic E-state index is -0.348. The van der Waals surface area contributed by atoms with Crippen LogP contribution < -0.4 is 5.32 Å². The Balaban J connectivity index is 3.74. The van der Waals surface area contributed by atoms with Crippen LogP contribution in [0.3, 0.4) is 0 Å². The van der Waals surface area contributed by atoms with Gasteiger partial charge in [-0.2, -0.15) is 0 Å². The van der Waals surface area contributed by atoms with E-state index in [-0.39, 0.29) is 12.2 Å². The molecule has 1 N–H and O–H groups in total. The summed E-state index contributed by atoms with van der Waals surface area (Å²) in [6.07, 6.45) is 2.81. The molecule has 0 saturated heterocycles. The smallest absolute Gasteiger partial charge is 0.243 e. The number of carbonyl (C=O) groups excluding carboxylic acids is 1. The zero-order valence-electron chi connectivity index (χ0n) is 9.08. The molecule has 0 aromatic carbocycles. The fraction of sp³-hybridized carbons (Fsp3) is 0.700. The number of amides is 1. The predicted octanol–water partition coefficient (Wildman–Crippen LogP) is 1.08. The highest BCUT2D eigenvalue weighted by Crippen LogP contribution is 1.93. The summed E-state index contributed by atoms with van der Waals surface area (Å²) < 4.78 is 10.5. The second-order valence-electron chi connectivity index (χ2n) is 2.59. The standard InChI is InChI=1S/C10H19NO3/c1-4-7-9(12)11-8-10(13-5-2)14-6-3/h4,7,10H,5-6,8H2,1-3H3,(H,11,12). The average molecular weight is 201 g/mol. The summed E-state index contributed by atoms with van der Waals surface area (Å²) in [6, 6.07) is 0. The van der Waals surface area contributed by atoms with Crippen LogP contribution in [0.1, 0.15) is 20.8 Å². The Morgan fingerprint density at radius 2 is 1.93 bits per heavy atom. The lowest BCUT2D eigenvalue weighted by atomic mass is 10.5. The normalized spacial score (nSPS) is 11.1. The SMILES string of the molecule is CC=CC(=O)NCC(OCC)OCC. The van der Waals surface area contributed by atoms with E-state index in [1.807, 2.05) is 13.8 Å². The van der Waals surface area contributed by atoms with Crippen molar-refractivity contribution in [2.24, 2.45) is 0 Å². The third-order valence-electron chi connectivity index (χ3n) is 1.47. The molecular weight excluding hydrogens is 182 g/mol. The molecular formula is C10H19NO3. The quantitative estimate of drug-likeness (QED) is 0.495. The highest BCUT2D eigenvalue weighted by Gasteiger charge is 2.07. The molecule has 0 unspecified atom stereocenters. The van der Waals surface area contributed by atoms with Gasteiger partial charge in [0, 0.05) is 13.2 Å². The molecule has 0 aliphatic carbocycles. The topological polar surface area (TPSA) is 47.6 Å². The van der Waals surface area contributed by atoms with Gasteiger partial charge in [-0.05, 0) is 26.8 Å². The van der Waals surface area contributed by atoms with Gasteiger partial charge in [-0.3, -0.25) is 4.79 Å². The van der Waals surface area contributed by atoms with Gasteiger partial charge in [0.1, 0.15) is 0 Å². The van der Waals surface area contributed by atoms with Crippen LogP contribution in [0.25, 0.3) is 0 Å². The first kappa shape index (κ1) is 13.1. The van der Waals surface area contributed by atoms with Crippen molar-refractivity contribution in [3.8, 4) is 0 Å². The van der Waals surface area contributed by atoms with Gasteiger partial charge in [0.05, 0.1) is 6.54 Å². The van der Waals surface area contributed by atoms with Gasteiger partial charge in [0.15, 0.2) is 6.29 Å². The predicted molar refractivity (Wildman–Crippen MR) is 54.9 cm³/mol. The number of rotatable bonds is 7. The molecule has 0 heterocycles. The van der Waals surface area contributed by atoms with Gasteiger partial charge >= 0.3 is 0 Å². The zero-order valence-corrected chi connectivity index (χ0v) is 9.08. The molecule has 0 atom stereocenters. The number of allylic oxidation sites excluding steroid dienone is 1.